The van der Waals surface area contributed by atoms with E-state index < -0.39 is 5.97 Å². The molecule has 1 aliphatic heterocycles. The minimum Gasteiger partial charge on any atom is -0.497 e. The van der Waals surface area contributed by atoms with Gasteiger partial charge in [0.05, 0.1) is 21.9 Å². The van der Waals surface area contributed by atoms with Gasteiger partial charge in [0.15, 0.2) is 0 Å². The zero-order valence-corrected chi connectivity index (χ0v) is 22.2. The minimum absolute atomic E-state index is 0.130. The number of carboxylic acid groups (broad SMARTS) is 1. The number of hydrogen-bond acceptors (Lipinski definition) is 7. The molecule has 1 aromatic carbocycles. The van der Waals surface area contributed by atoms with Crippen LogP contribution in [0.5, 0.6) is 5.75 Å². The summed E-state index contributed by atoms with van der Waals surface area (Å²) < 4.78 is 6.72. The Hall–Kier alpha value is -1.84. The zero-order chi connectivity index (χ0) is 24.8. The Labute approximate surface area is 219 Å². The molecule has 3 atom stereocenters. The van der Waals surface area contributed by atoms with Crippen LogP contribution in [-0.2, 0) is 4.79 Å². The van der Waals surface area contributed by atoms with Crippen LogP contribution in [0.4, 0.5) is 0 Å². The summed E-state index contributed by atoms with van der Waals surface area (Å²) in [5.74, 6) is 1.49. The van der Waals surface area contributed by atoms with E-state index in [0.29, 0.717) is 10.9 Å². The second-order valence-corrected chi connectivity index (χ2v) is 11.8. The molecule has 1 saturated heterocycles. The van der Waals surface area contributed by atoms with Gasteiger partial charge in [-0.3, -0.25) is 9.78 Å². The number of piperidine rings is 1. The number of rotatable bonds is 11. The Kier molecular flexibility index (Phi) is 9.30. The molecule has 35 heavy (non-hydrogen) atoms. The fraction of sp³-hybridized carbons (Fsp3) is 0.462. The van der Waals surface area contributed by atoms with Gasteiger partial charge in [0.1, 0.15) is 5.75 Å². The number of ether oxygens (including phenoxy) is 1. The summed E-state index contributed by atoms with van der Waals surface area (Å²) in [5.41, 5.74) is 8.39. The fourth-order valence-electron chi connectivity index (χ4n) is 5.03. The molecule has 0 spiro atoms. The number of carboxylic acids is 1. The number of nitrogens with zero attached hydrogens (tertiary/aromatic N) is 2. The quantitative estimate of drug-likeness (QED) is 0.295. The van der Waals surface area contributed by atoms with Gasteiger partial charge in [-0.15, -0.1) is 23.1 Å². The van der Waals surface area contributed by atoms with Crippen molar-refractivity contribution in [2.75, 3.05) is 32.5 Å². The van der Waals surface area contributed by atoms with Crippen molar-refractivity contribution in [3.05, 3.63) is 52.5 Å². The van der Waals surface area contributed by atoms with Crippen molar-refractivity contribution in [3.8, 4) is 5.75 Å². The third-order valence-electron chi connectivity index (χ3n) is 6.85. The predicted octanol–water partition coefficient (Wildman–Crippen LogP) is 5.94. The third kappa shape index (κ3) is 6.89. The molecular formula is C26H32ClN3O3S2. The number of methoxy groups -OCH3 is 1. The molecule has 9 heteroatoms. The predicted molar refractivity (Wildman–Crippen MR) is 145 cm³/mol. The van der Waals surface area contributed by atoms with Crippen LogP contribution in [0.2, 0.25) is 5.02 Å². The maximum Gasteiger partial charge on any atom is 0.303 e. The topological polar surface area (TPSA) is 88.7 Å². The van der Waals surface area contributed by atoms with E-state index >= 15 is 0 Å². The summed E-state index contributed by atoms with van der Waals surface area (Å²) in [6, 6.07) is 9.68. The number of aliphatic carboxylic acids is 1. The Morgan fingerprint density at radius 2 is 2.26 bits per heavy atom. The van der Waals surface area contributed by atoms with Gasteiger partial charge in [0, 0.05) is 42.9 Å². The van der Waals surface area contributed by atoms with Crippen LogP contribution in [0.25, 0.3) is 10.9 Å². The van der Waals surface area contributed by atoms with Crippen LogP contribution in [0.15, 0.2) is 46.1 Å². The lowest BCUT2D eigenvalue weighted by atomic mass is 9.79. The number of benzene rings is 1. The maximum atomic E-state index is 11.6. The summed E-state index contributed by atoms with van der Waals surface area (Å²) in [4.78, 5) is 18.5. The van der Waals surface area contributed by atoms with E-state index in [1.165, 1.54) is 4.21 Å². The van der Waals surface area contributed by atoms with Crippen LogP contribution in [0.3, 0.4) is 0 Å². The zero-order valence-electron chi connectivity index (χ0n) is 19.9. The smallest absolute Gasteiger partial charge is 0.303 e. The Morgan fingerprint density at radius 1 is 1.40 bits per heavy atom. The summed E-state index contributed by atoms with van der Waals surface area (Å²) in [7, 11) is 1.63. The molecule has 1 fully saturated rings. The molecule has 2 unspecified atom stereocenters. The first-order valence-electron chi connectivity index (χ1n) is 11.9. The number of thioether (sulfide) groups is 1. The highest BCUT2D eigenvalue weighted by atomic mass is 35.5. The molecule has 0 amide bonds. The second-order valence-electron chi connectivity index (χ2n) is 9.07. The number of pyridine rings is 1. The normalized spacial score (nSPS) is 19.6. The largest absolute Gasteiger partial charge is 0.497 e. The molecule has 0 bridgehead atoms. The van der Waals surface area contributed by atoms with Crippen molar-refractivity contribution >= 4 is 51.6 Å². The number of nitrogens with two attached hydrogens (primary N) is 1. The van der Waals surface area contributed by atoms with E-state index in [4.69, 9.17) is 22.1 Å². The van der Waals surface area contributed by atoms with Crippen molar-refractivity contribution in [2.24, 2.45) is 17.6 Å². The molecule has 0 radical (unpaired) electrons. The summed E-state index contributed by atoms with van der Waals surface area (Å²) in [6.45, 7) is 2.80. The first-order valence-corrected chi connectivity index (χ1v) is 14.2. The number of thiophene rings is 1. The van der Waals surface area contributed by atoms with Crippen LogP contribution in [0, 0.1) is 11.8 Å². The van der Waals surface area contributed by atoms with Gasteiger partial charge in [0.25, 0.3) is 0 Å². The lowest BCUT2D eigenvalue weighted by Gasteiger charge is -2.38. The van der Waals surface area contributed by atoms with Gasteiger partial charge in [-0.1, -0.05) is 17.7 Å². The van der Waals surface area contributed by atoms with E-state index in [-0.39, 0.29) is 18.4 Å². The molecule has 3 N–H and O–H groups in total. The van der Waals surface area contributed by atoms with E-state index in [0.717, 1.165) is 66.9 Å². The summed E-state index contributed by atoms with van der Waals surface area (Å²) in [6.07, 6.45) is 4.47. The molecule has 3 heterocycles. The molecular weight excluding hydrogens is 502 g/mol. The number of aromatic nitrogens is 1. The SMILES string of the molecule is COc1ccc2ncc(Cl)c([C@H](N)CCC3CCN(CCSc4cccs4)CC3CC(=O)O)c2c1. The van der Waals surface area contributed by atoms with Crippen LogP contribution < -0.4 is 10.5 Å². The molecule has 1 aliphatic rings. The number of carbonyl (C=O) groups is 1. The van der Waals surface area contributed by atoms with Crippen molar-refractivity contribution in [1.29, 1.82) is 0 Å². The van der Waals surface area contributed by atoms with Gasteiger partial charge in [-0.2, -0.15) is 0 Å². The van der Waals surface area contributed by atoms with Crippen LogP contribution in [-0.4, -0.2) is 53.5 Å². The Balaban J connectivity index is 1.39. The van der Waals surface area contributed by atoms with Gasteiger partial charge in [-0.05, 0) is 72.9 Å². The summed E-state index contributed by atoms with van der Waals surface area (Å²) in [5, 5.41) is 13.1. The number of fused-ring (bicyclic) bond motifs is 1. The van der Waals surface area contributed by atoms with E-state index in [1.54, 1.807) is 24.6 Å². The van der Waals surface area contributed by atoms with Crippen LogP contribution >= 0.6 is 34.7 Å². The fourth-order valence-corrected chi connectivity index (χ4v) is 7.18. The number of likely N-dealkylation sites (tertiary alicyclic amines) is 1. The maximum absolute atomic E-state index is 11.6. The highest BCUT2D eigenvalue weighted by molar-refractivity contribution is 8.01. The van der Waals surface area contributed by atoms with Crippen molar-refractivity contribution in [3.63, 3.8) is 0 Å². The van der Waals surface area contributed by atoms with Crippen LogP contribution in [0.1, 0.15) is 37.3 Å². The van der Waals surface area contributed by atoms with E-state index in [2.05, 4.69) is 27.4 Å². The first kappa shape index (κ1) is 26.2. The molecule has 4 rings (SSSR count). The average Bonchev–Trinajstić information content (AvgIpc) is 3.36. The van der Waals surface area contributed by atoms with Gasteiger partial charge >= 0.3 is 5.97 Å². The van der Waals surface area contributed by atoms with E-state index in [9.17, 15) is 9.90 Å². The average molecular weight is 534 g/mol. The van der Waals surface area contributed by atoms with Crippen molar-refractivity contribution in [1.82, 2.24) is 9.88 Å². The molecule has 2 aromatic heterocycles. The minimum atomic E-state index is -0.727. The lowest BCUT2D eigenvalue weighted by Crippen LogP contribution is -2.42. The highest BCUT2D eigenvalue weighted by Crippen LogP contribution is 2.36. The Bertz CT molecular complexity index is 1130. The van der Waals surface area contributed by atoms with Gasteiger partial charge < -0.3 is 20.5 Å². The monoisotopic (exact) mass is 533 g/mol. The Morgan fingerprint density at radius 3 is 3.00 bits per heavy atom. The first-order chi connectivity index (χ1) is 16.9. The standard InChI is InChI=1S/C26H32ClN3O3S2/c1-33-19-5-7-23-20(14-19)26(21(27)15-29-23)22(28)6-4-17-8-9-30(16-18(17)13-24(31)32)10-12-35-25-3-2-11-34-25/h2-3,5,7,11,14-15,17-18,22H,4,6,8-10,12-13,16,28H2,1H3,(H,31,32)/t17?,18?,22-/m1/s1. The molecule has 0 aliphatic carbocycles. The van der Waals surface area contributed by atoms with Crippen molar-refractivity contribution in [2.45, 2.75) is 35.9 Å². The number of halogens is 1. The molecule has 0 saturated carbocycles. The molecule has 6 nitrogen and oxygen atoms in total. The summed E-state index contributed by atoms with van der Waals surface area (Å²) >= 11 is 10.2. The number of hydrogen-bond donors (Lipinski definition) is 2. The van der Waals surface area contributed by atoms with Gasteiger partial charge in [0.2, 0.25) is 0 Å². The third-order valence-corrected chi connectivity index (χ3v) is 9.26. The van der Waals surface area contributed by atoms with E-state index in [1.807, 2.05) is 30.0 Å². The molecule has 188 valence electrons. The second kappa shape index (κ2) is 12.4. The highest BCUT2D eigenvalue weighted by Gasteiger charge is 2.31. The molecule has 3 aromatic rings. The lowest BCUT2D eigenvalue weighted by molar-refractivity contribution is -0.139. The van der Waals surface area contributed by atoms with Gasteiger partial charge in [-0.25, -0.2) is 0 Å². The van der Waals surface area contributed by atoms with Crippen molar-refractivity contribution < 1.29 is 14.6 Å².